The zero-order valence-electron chi connectivity index (χ0n) is 6.13. The average molecular weight is 163 g/mol. The van der Waals surface area contributed by atoms with E-state index in [2.05, 4.69) is 0 Å². The molecule has 3 nitrogen and oxygen atoms in total. The topological polar surface area (TPSA) is 60.2 Å². The molecule has 1 aliphatic rings. The van der Waals surface area contributed by atoms with Crippen molar-refractivity contribution >= 4 is 9.84 Å². The Hall–Kier alpha value is -0.0900. The van der Waals surface area contributed by atoms with E-state index in [1.807, 2.05) is 0 Å². The van der Waals surface area contributed by atoms with Gasteiger partial charge in [0.15, 0.2) is 9.84 Å². The van der Waals surface area contributed by atoms with Gasteiger partial charge in [0.1, 0.15) is 0 Å². The molecule has 1 fully saturated rings. The zero-order valence-corrected chi connectivity index (χ0v) is 6.95. The highest BCUT2D eigenvalue weighted by Gasteiger charge is 2.41. The fourth-order valence-corrected chi connectivity index (χ4v) is 2.21. The van der Waals surface area contributed by atoms with E-state index in [9.17, 15) is 8.42 Å². The Morgan fingerprint density at radius 3 is 2.30 bits per heavy atom. The average Bonchev–Trinajstić information content (AvgIpc) is 2.47. The quantitative estimate of drug-likeness (QED) is 0.632. The first-order valence-corrected chi connectivity index (χ1v) is 5.29. The molecule has 0 saturated heterocycles. The number of hydrogen-bond acceptors (Lipinski definition) is 3. The first kappa shape index (κ1) is 8.01. The van der Waals surface area contributed by atoms with Crippen LogP contribution in [0.3, 0.4) is 0 Å². The molecule has 10 heavy (non-hydrogen) atoms. The van der Waals surface area contributed by atoms with Gasteiger partial charge in [0.05, 0.1) is 5.75 Å². The number of rotatable bonds is 3. The van der Waals surface area contributed by atoms with Gasteiger partial charge >= 0.3 is 0 Å². The minimum atomic E-state index is -2.84. The van der Waals surface area contributed by atoms with Crippen molar-refractivity contribution in [1.82, 2.24) is 0 Å². The molecule has 0 radical (unpaired) electrons. The smallest absolute Gasteiger partial charge is 0.151 e. The second-order valence-corrected chi connectivity index (χ2v) is 5.39. The van der Waals surface area contributed by atoms with Crippen molar-refractivity contribution in [2.45, 2.75) is 25.3 Å². The predicted octanol–water partition coefficient (Wildman–Crippen LogP) is -0.0876. The molecule has 0 unspecified atom stereocenters. The van der Waals surface area contributed by atoms with Crippen molar-refractivity contribution in [3.8, 4) is 0 Å². The normalized spacial score (nSPS) is 22.6. The molecule has 1 saturated carbocycles. The number of nitrogens with two attached hydrogens (primary N) is 1. The van der Waals surface area contributed by atoms with Crippen molar-refractivity contribution in [2.24, 2.45) is 5.73 Å². The SMILES string of the molecule is CCS(=O)(=O)CC1(N)CC1. The molecular weight excluding hydrogens is 150 g/mol. The van der Waals surface area contributed by atoms with Crippen molar-refractivity contribution in [3.63, 3.8) is 0 Å². The summed E-state index contributed by atoms with van der Waals surface area (Å²) in [6, 6.07) is 0. The maximum atomic E-state index is 11.0. The lowest BCUT2D eigenvalue weighted by molar-refractivity contribution is 0.586. The summed E-state index contributed by atoms with van der Waals surface area (Å²) < 4.78 is 21.9. The van der Waals surface area contributed by atoms with Crippen LogP contribution in [-0.4, -0.2) is 25.5 Å². The second-order valence-electron chi connectivity index (χ2n) is 3.04. The van der Waals surface area contributed by atoms with Crippen LogP contribution >= 0.6 is 0 Å². The number of hydrogen-bond donors (Lipinski definition) is 1. The summed E-state index contributed by atoms with van der Waals surface area (Å²) in [4.78, 5) is 0. The van der Waals surface area contributed by atoms with Crippen molar-refractivity contribution in [2.75, 3.05) is 11.5 Å². The molecule has 0 heterocycles. The highest BCUT2D eigenvalue weighted by molar-refractivity contribution is 7.91. The molecule has 1 rings (SSSR count). The van der Waals surface area contributed by atoms with E-state index in [4.69, 9.17) is 5.73 Å². The molecule has 0 amide bonds. The van der Waals surface area contributed by atoms with Crippen LogP contribution in [0.1, 0.15) is 19.8 Å². The molecule has 0 aromatic carbocycles. The first-order chi connectivity index (χ1) is 4.47. The van der Waals surface area contributed by atoms with Gasteiger partial charge in [-0.05, 0) is 12.8 Å². The summed E-state index contributed by atoms with van der Waals surface area (Å²) in [5, 5.41) is 0. The van der Waals surface area contributed by atoms with Crippen molar-refractivity contribution in [1.29, 1.82) is 0 Å². The van der Waals surface area contributed by atoms with Gasteiger partial charge in [0, 0.05) is 11.3 Å². The molecule has 0 atom stereocenters. The molecule has 1 aliphatic carbocycles. The van der Waals surface area contributed by atoms with Crippen LogP contribution < -0.4 is 5.73 Å². The van der Waals surface area contributed by atoms with Gasteiger partial charge in [-0.3, -0.25) is 0 Å². The summed E-state index contributed by atoms with van der Waals surface area (Å²) in [5.41, 5.74) is 5.28. The van der Waals surface area contributed by atoms with Crippen LogP contribution in [0.15, 0.2) is 0 Å². The molecule has 0 spiro atoms. The molecule has 2 N–H and O–H groups in total. The van der Waals surface area contributed by atoms with Gasteiger partial charge < -0.3 is 5.73 Å². The third kappa shape index (κ3) is 1.95. The highest BCUT2D eigenvalue weighted by atomic mass is 32.2. The van der Waals surface area contributed by atoms with Crippen LogP contribution in [-0.2, 0) is 9.84 Å². The van der Waals surface area contributed by atoms with Gasteiger partial charge in [0.2, 0.25) is 0 Å². The standard InChI is InChI=1S/C6H13NO2S/c1-2-10(8,9)5-6(7)3-4-6/h2-5,7H2,1H3. The van der Waals surface area contributed by atoms with Gasteiger partial charge in [-0.1, -0.05) is 6.92 Å². The summed E-state index contributed by atoms with van der Waals surface area (Å²) in [5.74, 6) is 0.391. The molecule has 0 bridgehead atoms. The third-order valence-corrected chi connectivity index (χ3v) is 3.73. The zero-order chi connectivity index (χ0) is 7.83. The van der Waals surface area contributed by atoms with Crippen LogP contribution in [0.25, 0.3) is 0 Å². The summed E-state index contributed by atoms with van der Waals surface area (Å²) in [6.45, 7) is 1.65. The van der Waals surface area contributed by atoms with E-state index in [0.29, 0.717) is 0 Å². The lowest BCUT2D eigenvalue weighted by atomic mass is 10.4. The lowest BCUT2D eigenvalue weighted by Crippen LogP contribution is -2.32. The van der Waals surface area contributed by atoms with E-state index >= 15 is 0 Å². The predicted molar refractivity (Wildman–Crippen MR) is 40.5 cm³/mol. The fourth-order valence-electron chi connectivity index (χ4n) is 0.845. The fraction of sp³-hybridized carbons (Fsp3) is 1.00. The second kappa shape index (κ2) is 2.20. The van der Waals surface area contributed by atoms with Crippen LogP contribution in [0, 0.1) is 0 Å². The van der Waals surface area contributed by atoms with Gasteiger partial charge in [-0.15, -0.1) is 0 Å². The van der Waals surface area contributed by atoms with Crippen molar-refractivity contribution in [3.05, 3.63) is 0 Å². The Balaban J connectivity index is 2.53. The number of sulfone groups is 1. The molecule has 0 aliphatic heterocycles. The van der Waals surface area contributed by atoms with Crippen LogP contribution in [0.4, 0.5) is 0 Å². The maximum Gasteiger partial charge on any atom is 0.151 e. The van der Waals surface area contributed by atoms with Crippen LogP contribution in [0.2, 0.25) is 0 Å². The minimum absolute atomic E-state index is 0.177. The molecular formula is C6H13NO2S. The highest BCUT2D eigenvalue weighted by Crippen LogP contribution is 2.33. The van der Waals surface area contributed by atoms with E-state index in [1.165, 1.54) is 0 Å². The van der Waals surface area contributed by atoms with Crippen LogP contribution in [0.5, 0.6) is 0 Å². The third-order valence-electron chi connectivity index (χ3n) is 1.84. The van der Waals surface area contributed by atoms with E-state index in [-0.39, 0.29) is 17.0 Å². The van der Waals surface area contributed by atoms with Gasteiger partial charge in [0.25, 0.3) is 0 Å². The molecule has 0 aromatic heterocycles. The van der Waals surface area contributed by atoms with E-state index < -0.39 is 9.84 Å². The lowest BCUT2D eigenvalue weighted by Gasteiger charge is -2.06. The Bertz CT molecular complexity index is 216. The molecule has 60 valence electrons. The monoisotopic (exact) mass is 163 g/mol. The molecule has 0 aromatic rings. The van der Waals surface area contributed by atoms with Crippen molar-refractivity contribution < 1.29 is 8.42 Å². The summed E-state index contributed by atoms with van der Waals surface area (Å²) in [7, 11) is -2.84. The maximum absolute atomic E-state index is 11.0. The van der Waals surface area contributed by atoms with E-state index in [1.54, 1.807) is 6.92 Å². The Morgan fingerprint density at radius 1 is 1.50 bits per heavy atom. The molecule has 4 heteroatoms. The first-order valence-electron chi connectivity index (χ1n) is 3.47. The minimum Gasteiger partial charge on any atom is -0.324 e. The van der Waals surface area contributed by atoms with E-state index in [0.717, 1.165) is 12.8 Å². The summed E-state index contributed by atoms with van der Waals surface area (Å²) in [6.07, 6.45) is 1.73. The van der Waals surface area contributed by atoms with Gasteiger partial charge in [-0.25, -0.2) is 8.42 Å². The Labute approximate surface area is 61.5 Å². The van der Waals surface area contributed by atoms with Gasteiger partial charge in [-0.2, -0.15) is 0 Å². The Morgan fingerprint density at radius 2 is 2.00 bits per heavy atom. The largest absolute Gasteiger partial charge is 0.324 e. The Kier molecular flexibility index (Phi) is 1.76. The summed E-state index contributed by atoms with van der Waals surface area (Å²) >= 11 is 0.